The van der Waals surface area contributed by atoms with Gasteiger partial charge in [0, 0.05) is 6.54 Å². The predicted molar refractivity (Wildman–Crippen MR) is 59.2 cm³/mol. The van der Waals surface area contributed by atoms with Crippen LogP contribution in [0.1, 0.15) is 34.6 Å². The monoisotopic (exact) mass is 204 g/mol. The van der Waals surface area contributed by atoms with Crippen molar-refractivity contribution in [1.29, 1.82) is 0 Å². The van der Waals surface area contributed by atoms with E-state index in [4.69, 9.17) is 0 Å². The first-order valence-corrected chi connectivity index (χ1v) is 5.65. The average molecular weight is 204 g/mol. The molecule has 0 radical (unpaired) electrons. The fourth-order valence-electron chi connectivity index (χ4n) is 0.525. The van der Waals surface area contributed by atoms with Gasteiger partial charge in [-0.3, -0.25) is 9.71 Å². The molecule has 0 heterocycles. The highest BCUT2D eigenvalue weighted by molar-refractivity contribution is 7.84. The van der Waals surface area contributed by atoms with Crippen molar-refractivity contribution in [2.45, 2.75) is 39.4 Å². The van der Waals surface area contributed by atoms with Crippen LogP contribution in [0.2, 0.25) is 0 Å². The smallest absolute Gasteiger partial charge is 0.123 e. The standard InChI is InChI=1S/C9H20N2OS/c1-8(2)6-10-7-11-13(12)9(3,4)5/h7-8H,6H2,1-5H3,(H,10,11)/t13-/m1/s1. The van der Waals surface area contributed by atoms with Crippen LogP contribution < -0.4 is 4.72 Å². The third-order valence-electron chi connectivity index (χ3n) is 1.28. The van der Waals surface area contributed by atoms with Gasteiger partial charge < -0.3 is 0 Å². The Bertz CT molecular complexity index is 194. The third-order valence-corrected chi connectivity index (χ3v) is 2.71. The maximum atomic E-state index is 11.4. The van der Waals surface area contributed by atoms with E-state index >= 15 is 0 Å². The normalized spacial score (nSPS) is 15.2. The van der Waals surface area contributed by atoms with E-state index in [1.807, 2.05) is 20.8 Å². The van der Waals surface area contributed by atoms with Crippen LogP contribution in [0.4, 0.5) is 0 Å². The van der Waals surface area contributed by atoms with E-state index in [9.17, 15) is 4.21 Å². The van der Waals surface area contributed by atoms with Crippen molar-refractivity contribution in [2.24, 2.45) is 10.9 Å². The van der Waals surface area contributed by atoms with Gasteiger partial charge in [-0.2, -0.15) is 0 Å². The van der Waals surface area contributed by atoms with Crippen LogP contribution in [-0.2, 0) is 11.0 Å². The van der Waals surface area contributed by atoms with Crippen molar-refractivity contribution < 1.29 is 4.21 Å². The van der Waals surface area contributed by atoms with Gasteiger partial charge in [0.25, 0.3) is 0 Å². The molecule has 3 nitrogen and oxygen atoms in total. The minimum Gasteiger partial charge on any atom is -0.295 e. The molecule has 0 aliphatic carbocycles. The summed E-state index contributed by atoms with van der Waals surface area (Å²) in [6.07, 6.45) is 1.54. The molecule has 4 heteroatoms. The Balaban J connectivity index is 3.77. The highest BCUT2D eigenvalue weighted by atomic mass is 32.2. The molecule has 1 N–H and O–H groups in total. The molecule has 0 aromatic heterocycles. The summed E-state index contributed by atoms with van der Waals surface area (Å²) < 4.78 is 13.9. The molecule has 1 atom stereocenters. The molecule has 0 bridgehead atoms. The van der Waals surface area contributed by atoms with Crippen LogP contribution in [0.5, 0.6) is 0 Å². The maximum Gasteiger partial charge on any atom is 0.123 e. The van der Waals surface area contributed by atoms with Crippen LogP contribution in [0.3, 0.4) is 0 Å². The minimum absolute atomic E-state index is 0.232. The van der Waals surface area contributed by atoms with Crippen LogP contribution in [0, 0.1) is 5.92 Å². The van der Waals surface area contributed by atoms with Gasteiger partial charge in [0.1, 0.15) is 11.0 Å². The molecular weight excluding hydrogens is 184 g/mol. The topological polar surface area (TPSA) is 41.5 Å². The molecular formula is C9H20N2OS. The first kappa shape index (κ1) is 12.6. The van der Waals surface area contributed by atoms with Crippen LogP contribution >= 0.6 is 0 Å². The lowest BCUT2D eigenvalue weighted by Crippen LogP contribution is -2.32. The molecule has 78 valence electrons. The van der Waals surface area contributed by atoms with Crippen molar-refractivity contribution in [2.75, 3.05) is 6.54 Å². The third kappa shape index (κ3) is 6.75. The average Bonchev–Trinajstić information content (AvgIpc) is 1.95. The molecule has 0 aliphatic rings. The highest BCUT2D eigenvalue weighted by Crippen LogP contribution is 2.07. The summed E-state index contributed by atoms with van der Waals surface area (Å²) in [5, 5.41) is 0. The van der Waals surface area contributed by atoms with Crippen LogP contribution in [0.15, 0.2) is 4.99 Å². The Morgan fingerprint density at radius 1 is 1.46 bits per heavy atom. The second-order valence-electron chi connectivity index (χ2n) is 4.39. The van der Waals surface area contributed by atoms with Crippen molar-refractivity contribution in [3.63, 3.8) is 0 Å². The Morgan fingerprint density at radius 3 is 2.38 bits per heavy atom. The number of aliphatic imine (C=N–C) groups is 1. The van der Waals surface area contributed by atoms with Gasteiger partial charge in [-0.25, -0.2) is 4.21 Å². The minimum atomic E-state index is -1.05. The number of nitrogens with zero attached hydrogens (tertiary/aromatic N) is 1. The van der Waals surface area contributed by atoms with Crippen molar-refractivity contribution >= 4 is 17.3 Å². The fraction of sp³-hybridized carbons (Fsp3) is 0.889. The first-order chi connectivity index (χ1) is 5.84. The number of rotatable bonds is 4. The molecule has 0 aromatic carbocycles. The Labute approximate surface area is 83.6 Å². The summed E-state index contributed by atoms with van der Waals surface area (Å²) in [6, 6.07) is 0. The molecule has 0 spiro atoms. The number of nitrogens with one attached hydrogen (secondary N) is 1. The lowest BCUT2D eigenvalue weighted by atomic mass is 10.2. The molecule has 0 aliphatic heterocycles. The second kappa shape index (κ2) is 5.37. The Kier molecular flexibility index (Phi) is 5.21. The van der Waals surface area contributed by atoms with Gasteiger partial charge in [0.15, 0.2) is 0 Å². The van der Waals surface area contributed by atoms with E-state index in [0.29, 0.717) is 5.92 Å². The first-order valence-electron chi connectivity index (χ1n) is 4.50. The molecule has 13 heavy (non-hydrogen) atoms. The van der Waals surface area contributed by atoms with E-state index < -0.39 is 11.0 Å². The summed E-state index contributed by atoms with van der Waals surface area (Å²) in [5.74, 6) is 0.543. The molecule has 0 saturated heterocycles. The molecule has 0 unspecified atom stereocenters. The summed E-state index contributed by atoms with van der Waals surface area (Å²) in [4.78, 5) is 4.10. The highest BCUT2D eigenvalue weighted by Gasteiger charge is 2.17. The number of hydrogen-bond acceptors (Lipinski definition) is 2. The fourth-order valence-corrected chi connectivity index (χ4v) is 1.05. The van der Waals surface area contributed by atoms with Crippen LogP contribution in [-0.4, -0.2) is 21.8 Å². The predicted octanol–water partition coefficient (Wildman–Crippen LogP) is 1.72. The van der Waals surface area contributed by atoms with E-state index in [2.05, 4.69) is 23.6 Å². The number of hydrogen-bond donors (Lipinski definition) is 1. The zero-order valence-corrected chi connectivity index (χ0v) is 9.94. The van der Waals surface area contributed by atoms with Crippen molar-refractivity contribution in [1.82, 2.24) is 4.72 Å². The molecule has 0 amide bonds. The zero-order chi connectivity index (χ0) is 10.5. The quantitative estimate of drug-likeness (QED) is 0.550. The van der Waals surface area contributed by atoms with Gasteiger partial charge in [0.2, 0.25) is 0 Å². The lowest BCUT2D eigenvalue weighted by molar-refractivity contribution is 0.645. The van der Waals surface area contributed by atoms with Crippen molar-refractivity contribution in [3.05, 3.63) is 0 Å². The summed E-state index contributed by atoms with van der Waals surface area (Å²) in [7, 11) is -1.05. The van der Waals surface area contributed by atoms with Crippen molar-refractivity contribution in [3.8, 4) is 0 Å². The zero-order valence-electron chi connectivity index (χ0n) is 9.13. The van der Waals surface area contributed by atoms with Crippen LogP contribution in [0.25, 0.3) is 0 Å². The van der Waals surface area contributed by atoms with Gasteiger partial charge in [0.05, 0.1) is 11.1 Å². The SMILES string of the molecule is CC(C)CN=CN[S@](=O)C(C)(C)C. The Hall–Kier alpha value is -0.380. The second-order valence-corrected chi connectivity index (χ2v) is 6.38. The van der Waals surface area contributed by atoms with Gasteiger partial charge >= 0.3 is 0 Å². The van der Waals surface area contributed by atoms with E-state index in [1.54, 1.807) is 6.34 Å². The maximum absolute atomic E-state index is 11.4. The van der Waals surface area contributed by atoms with Gasteiger partial charge in [-0.1, -0.05) is 13.8 Å². The summed E-state index contributed by atoms with van der Waals surface area (Å²) >= 11 is 0. The van der Waals surface area contributed by atoms with Gasteiger partial charge in [-0.15, -0.1) is 0 Å². The van der Waals surface area contributed by atoms with Gasteiger partial charge in [-0.05, 0) is 26.7 Å². The molecule has 0 aromatic rings. The Morgan fingerprint density at radius 2 is 2.00 bits per heavy atom. The molecule has 0 rings (SSSR count). The molecule has 0 fully saturated rings. The van der Waals surface area contributed by atoms with E-state index in [-0.39, 0.29) is 4.75 Å². The largest absolute Gasteiger partial charge is 0.295 e. The summed E-state index contributed by atoms with van der Waals surface area (Å²) in [5.41, 5.74) is 0. The molecule has 0 saturated carbocycles. The summed E-state index contributed by atoms with van der Waals surface area (Å²) in [6.45, 7) is 10.7. The van der Waals surface area contributed by atoms with E-state index in [1.165, 1.54) is 0 Å². The van der Waals surface area contributed by atoms with E-state index in [0.717, 1.165) is 6.54 Å². The lowest BCUT2D eigenvalue weighted by Gasteiger charge is -2.16.